The highest BCUT2D eigenvalue weighted by molar-refractivity contribution is 7.99. The molecule has 1 aliphatic rings. The average Bonchev–Trinajstić information content (AvgIpc) is 2.76. The average molecular weight is 274 g/mol. The van der Waals surface area contributed by atoms with Crippen LogP contribution in [0.25, 0.3) is 0 Å². The van der Waals surface area contributed by atoms with Crippen molar-refractivity contribution in [3.63, 3.8) is 0 Å². The minimum atomic E-state index is -0.877. The van der Waals surface area contributed by atoms with Gasteiger partial charge in [0.2, 0.25) is 0 Å². The van der Waals surface area contributed by atoms with Crippen LogP contribution >= 0.6 is 11.8 Å². The molecule has 1 rings (SSSR count). The molecule has 2 N–H and O–H groups in total. The summed E-state index contributed by atoms with van der Waals surface area (Å²) in [4.78, 5) is 24.0. The zero-order valence-corrected chi connectivity index (χ0v) is 12.0. The number of amides is 2. The fraction of sp³-hybridized carbons (Fsp3) is 0.833. The van der Waals surface area contributed by atoms with Crippen molar-refractivity contribution in [2.24, 2.45) is 5.92 Å². The van der Waals surface area contributed by atoms with Gasteiger partial charge in [-0.2, -0.15) is 11.8 Å². The van der Waals surface area contributed by atoms with E-state index in [2.05, 4.69) is 11.6 Å². The summed E-state index contributed by atoms with van der Waals surface area (Å²) in [6.45, 7) is 1.84. The molecule has 0 aliphatic heterocycles. The number of carboxylic acids is 1. The van der Waals surface area contributed by atoms with E-state index in [0.717, 1.165) is 19.3 Å². The molecule has 0 spiro atoms. The summed E-state index contributed by atoms with van der Waals surface area (Å²) >= 11 is 1.84. The number of thioether (sulfide) groups is 1. The standard InChI is InChI=1S/C12H22N2O3S/c1-8(11(15)16)7-14(2)12(17)13-9-4-5-10(6-9)18-3/h8-10H,4-7H2,1-3H3,(H,13,17)(H,15,16). The van der Waals surface area contributed by atoms with E-state index in [4.69, 9.17) is 5.11 Å². The Labute approximate surface area is 112 Å². The normalized spacial score (nSPS) is 24.6. The lowest BCUT2D eigenvalue weighted by Gasteiger charge is -2.22. The van der Waals surface area contributed by atoms with E-state index in [9.17, 15) is 9.59 Å². The molecule has 1 fully saturated rings. The van der Waals surface area contributed by atoms with E-state index >= 15 is 0 Å². The summed E-state index contributed by atoms with van der Waals surface area (Å²) in [5, 5.41) is 12.4. The lowest BCUT2D eigenvalue weighted by Crippen LogP contribution is -2.44. The summed E-state index contributed by atoms with van der Waals surface area (Å²) in [5.41, 5.74) is 0. The monoisotopic (exact) mass is 274 g/mol. The van der Waals surface area contributed by atoms with Gasteiger partial charge in [-0.15, -0.1) is 0 Å². The SMILES string of the molecule is CSC1CCC(NC(=O)N(C)CC(C)C(=O)O)C1. The van der Waals surface area contributed by atoms with Crippen molar-refractivity contribution in [2.45, 2.75) is 37.5 Å². The first-order valence-corrected chi connectivity index (χ1v) is 7.50. The van der Waals surface area contributed by atoms with Gasteiger partial charge in [0.25, 0.3) is 0 Å². The zero-order chi connectivity index (χ0) is 13.7. The van der Waals surface area contributed by atoms with Crippen LogP contribution in [0.1, 0.15) is 26.2 Å². The van der Waals surface area contributed by atoms with Crippen LogP contribution in [0.4, 0.5) is 4.79 Å². The summed E-state index contributed by atoms with van der Waals surface area (Å²) in [5.74, 6) is -1.42. The van der Waals surface area contributed by atoms with Crippen molar-refractivity contribution in [3.05, 3.63) is 0 Å². The van der Waals surface area contributed by atoms with Crippen molar-refractivity contribution < 1.29 is 14.7 Å². The zero-order valence-electron chi connectivity index (χ0n) is 11.2. The van der Waals surface area contributed by atoms with Crippen LogP contribution in [0.2, 0.25) is 0 Å². The molecule has 3 unspecified atom stereocenters. The molecule has 104 valence electrons. The Morgan fingerprint density at radius 3 is 2.67 bits per heavy atom. The van der Waals surface area contributed by atoms with Crippen LogP contribution in [0.3, 0.4) is 0 Å². The number of carbonyl (C=O) groups excluding carboxylic acids is 1. The molecule has 0 bridgehead atoms. The van der Waals surface area contributed by atoms with Gasteiger partial charge in [0, 0.05) is 24.9 Å². The summed E-state index contributed by atoms with van der Waals surface area (Å²) < 4.78 is 0. The summed E-state index contributed by atoms with van der Waals surface area (Å²) in [7, 11) is 1.63. The van der Waals surface area contributed by atoms with Crippen LogP contribution in [-0.4, -0.2) is 53.1 Å². The number of nitrogens with one attached hydrogen (secondary N) is 1. The van der Waals surface area contributed by atoms with E-state index < -0.39 is 11.9 Å². The Kier molecular flexibility index (Phi) is 5.78. The molecular weight excluding hydrogens is 252 g/mol. The molecule has 5 nitrogen and oxygen atoms in total. The Hall–Kier alpha value is -0.910. The predicted octanol–water partition coefficient (Wildman–Crippen LogP) is 1.63. The molecule has 1 saturated carbocycles. The fourth-order valence-electron chi connectivity index (χ4n) is 2.14. The molecule has 6 heteroatoms. The molecular formula is C12H22N2O3S. The first-order valence-electron chi connectivity index (χ1n) is 6.21. The topological polar surface area (TPSA) is 69.6 Å². The van der Waals surface area contributed by atoms with Gasteiger partial charge in [-0.1, -0.05) is 6.92 Å². The first kappa shape index (κ1) is 15.1. The van der Waals surface area contributed by atoms with Gasteiger partial charge in [-0.3, -0.25) is 4.79 Å². The second-order valence-corrected chi connectivity index (χ2v) is 6.08. The second-order valence-electron chi connectivity index (χ2n) is 4.94. The van der Waals surface area contributed by atoms with E-state index in [1.54, 1.807) is 14.0 Å². The van der Waals surface area contributed by atoms with Crippen LogP contribution in [0, 0.1) is 5.92 Å². The van der Waals surface area contributed by atoms with Gasteiger partial charge in [-0.05, 0) is 25.5 Å². The van der Waals surface area contributed by atoms with Gasteiger partial charge < -0.3 is 15.3 Å². The number of urea groups is 1. The number of hydrogen-bond donors (Lipinski definition) is 2. The van der Waals surface area contributed by atoms with Gasteiger partial charge in [-0.25, -0.2) is 4.79 Å². The molecule has 0 aromatic rings. The minimum Gasteiger partial charge on any atom is -0.481 e. The van der Waals surface area contributed by atoms with Crippen LogP contribution < -0.4 is 5.32 Å². The molecule has 0 saturated heterocycles. The molecule has 0 aromatic heterocycles. The molecule has 3 atom stereocenters. The Morgan fingerprint density at radius 2 is 2.17 bits per heavy atom. The van der Waals surface area contributed by atoms with Crippen molar-refractivity contribution in [1.82, 2.24) is 10.2 Å². The highest BCUT2D eigenvalue weighted by Crippen LogP contribution is 2.28. The summed E-state index contributed by atoms with van der Waals surface area (Å²) in [6, 6.07) is 0.0624. The molecule has 18 heavy (non-hydrogen) atoms. The third kappa shape index (κ3) is 4.40. The van der Waals surface area contributed by atoms with Gasteiger partial charge in [0.05, 0.1) is 5.92 Å². The van der Waals surface area contributed by atoms with Crippen molar-refractivity contribution in [2.75, 3.05) is 19.8 Å². The smallest absolute Gasteiger partial charge is 0.317 e. The van der Waals surface area contributed by atoms with E-state index in [0.29, 0.717) is 5.25 Å². The summed E-state index contributed by atoms with van der Waals surface area (Å²) in [6.07, 6.45) is 5.26. The fourth-order valence-corrected chi connectivity index (χ4v) is 2.94. The highest BCUT2D eigenvalue weighted by atomic mass is 32.2. The number of carbonyl (C=O) groups is 2. The van der Waals surface area contributed by atoms with Crippen LogP contribution in [0.15, 0.2) is 0 Å². The van der Waals surface area contributed by atoms with E-state index in [-0.39, 0.29) is 18.6 Å². The van der Waals surface area contributed by atoms with Crippen LogP contribution in [0.5, 0.6) is 0 Å². The molecule has 0 radical (unpaired) electrons. The number of aliphatic carboxylic acids is 1. The predicted molar refractivity (Wildman–Crippen MR) is 72.9 cm³/mol. The number of hydrogen-bond acceptors (Lipinski definition) is 3. The lowest BCUT2D eigenvalue weighted by atomic mass is 10.2. The first-order chi connectivity index (χ1) is 8.43. The lowest BCUT2D eigenvalue weighted by molar-refractivity contribution is -0.141. The third-order valence-electron chi connectivity index (χ3n) is 3.36. The number of nitrogens with zero attached hydrogens (tertiary/aromatic N) is 1. The van der Waals surface area contributed by atoms with E-state index in [1.165, 1.54) is 4.90 Å². The molecule has 1 aliphatic carbocycles. The van der Waals surface area contributed by atoms with Gasteiger partial charge >= 0.3 is 12.0 Å². The maximum Gasteiger partial charge on any atom is 0.317 e. The number of rotatable bonds is 5. The van der Waals surface area contributed by atoms with Crippen molar-refractivity contribution in [3.8, 4) is 0 Å². The maximum absolute atomic E-state index is 11.9. The third-order valence-corrected chi connectivity index (χ3v) is 4.46. The maximum atomic E-state index is 11.9. The molecule has 2 amide bonds. The van der Waals surface area contributed by atoms with Crippen molar-refractivity contribution >= 4 is 23.8 Å². The Bertz CT molecular complexity index is 312. The Morgan fingerprint density at radius 1 is 1.50 bits per heavy atom. The number of carboxylic acid groups (broad SMARTS) is 1. The highest BCUT2D eigenvalue weighted by Gasteiger charge is 2.26. The van der Waals surface area contributed by atoms with Crippen LogP contribution in [-0.2, 0) is 4.79 Å². The largest absolute Gasteiger partial charge is 0.481 e. The molecule has 0 heterocycles. The van der Waals surface area contributed by atoms with Gasteiger partial charge in [0.15, 0.2) is 0 Å². The second kappa shape index (κ2) is 6.87. The van der Waals surface area contributed by atoms with Crippen molar-refractivity contribution in [1.29, 1.82) is 0 Å². The Balaban J connectivity index is 2.34. The quantitative estimate of drug-likeness (QED) is 0.799. The minimum absolute atomic E-state index is 0.171. The molecule has 0 aromatic carbocycles. The van der Waals surface area contributed by atoms with E-state index in [1.807, 2.05) is 11.8 Å². The van der Waals surface area contributed by atoms with Gasteiger partial charge in [0.1, 0.15) is 0 Å².